The zero-order chi connectivity index (χ0) is 17.5. The Labute approximate surface area is 171 Å². The highest BCUT2D eigenvalue weighted by molar-refractivity contribution is 14.0. The van der Waals surface area contributed by atoms with Crippen molar-refractivity contribution < 1.29 is 14.3 Å². The molecule has 1 aromatic rings. The van der Waals surface area contributed by atoms with E-state index in [0.29, 0.717) is 18.5 Å². The van der Waals surface area contributed by atoms with Gasteiger partial charge < -0.3 is 25.4 Å². The molecule has 0 saturated heterocycles. The van der Waals surface area contributed by atoms with Crippen molar-refractivity contribution in [2.75, 3.05) is 20.4 Å². The van der Waals surface area contributed by atoms with Crippen LogP contribution in [-0.2, 0) is 11.3 Å². The van der Waals surface area contributed by atoms with Gasteiger partial charge in [0.05, 0.1) is 6.54 Å². The van der Waals surface area contributed by atoms with Gasteiger partial charge in [-0.15, -0.1) is 24.0 Å². The van der Waals surface area contributed by atoms with Crippen LogP contribution in [0.5, 0.6) is 11.5 Å². The van der Waals surface area contributed by atoms with Gasteiger partial charge in [-0.25, -0.2) is 0 Å². The fraction of sp³-hybridized carbons (Fsp3) is 0.556. The highest BCUT2D eigenvalue weighted by Gasteiger charge is 2.16. The molecule has 0 bridgehead atoms. The Kier molecular flexibility index (Phi) is 8.27. The second kappa shape index (κ2) is 10.4. The number of hydrogen-bond acceptors (Lipinski definition) is 4. The van der Waals surface area contributed by atoms with Crippen LogP contribution in [0.2, 0.25) is 0 Å². The Morgan fingerprint density at radius 1 is 1.15 bits per heavy atom. The fourth-order valence-electron chi connectivity index (χ4n) is 3.15. The molecule has 1 aliphatic carbocycles. The Morgan fingerprint density at radius 3 is 2.69 bits per heavy atom. The molecule has 1 saturated carbocycles. The summed E-state index contributed by atoms with van der Waals surface area (Å²) in [5.74, 6) is 2.13. The van der Waals surface area contributed by atoms with Crippen molar-refractivity contribution in [1.29, 1.82) is 0 Å². The molecule has 3 rings (SSSR count). The molecule has 0 unspecified atom stereocenters. The molecule has 0 atom stereocenters. The summed E-state index contributed by atoms with van der Waals surface area (Å²) in [6.45, 7) is 1.07. The number of aliphatic imine (C=N–C) groups is 1. The van der Waals surface area contributed by atoms with Gasteiger partial charge in [-0.1, -0.05) is 25.3 Å². The lowest BCUT2D eigenvalue weighted by Crippen LogP contribution is -2.45. The van der Waals surface area contributed by atoms with Crippen LogP contribution in [0.1, 0.15) is 37.7 Å². The Hall–Kier alpha value is -1.71. The van der Waals surface area contributed by atoms with E-state index in [-0.39, 0.29) is 43.2 Å². The van der Waals surface area contributed by atoms with Gasteiger partial charge in [-0.3, -0.25) is 9.79 Å². The van der Waals surface area contributed by atoms with Crippen molar-refractivity contribution in [1.82, 2.24) is 16.0 Å². The third-order valence-electron chi connectivity index (χ3n) is 4.51. The van der Waals surface area contributed by atoms with Crippen LogP contribution in [0.15, 0.2) is 23.2 Å². The summed E-state index contributed by atoms with van der Waals surface area (Å²) in [4.78, 5) is 16.2. The van der Waals surface area contributed by atoms with Crippen LogP contribution in [-0.4, -0.2) is 38.3 Å². The summed E-state index contributed by atoms with van der Waals surface area (Å²) in [6.07, 6.45) is 5.86. The number of amides is 1. The molecule has 0 radical (unpaired) electrons. The highest BCUT2D eigenvalue weighted by Crippen LogP contribution is 2.32. The molecule has 1 amide bonds. The van der Waals surface area contributed by atoms with Crippen LogP contribution in [0.4, 0.5) is 0 Å². The van der Waals surface area contributed by atoms with Crippen LogP contribution in [0.3, 0.4) is 0 Å². The lowest BCUT2D eigenvalue weighted by molar-refractivity contribution is -0.120. The zero-order valence-corrected chi connectivity index (χ0v) is 17.4. The SMILES string of the molecule is CN=C(NCC(=O)NC1CCCCC1)NCc1ccc2c(c1)OCO2.I. The van der Waals surface area contributed by atoms with E-state index < -0.39 is 0 Å². The molecule has 0 aromatic heterocycles. The number of hydrogen-bond donors (Lipinski definition) is 3. The number of halogens is 1. The molecule has 26 heavy (non-hydrogen) atoms. The van der Waals surface area contributed by atoms with Gasteiger partial charge in [0, 0.05) is 19.6 Å². The van der Waals surface area contributed by atoms with Gasteiger partial charge >= 0.3 is 0 Å². The first-order valence-corrected chi connectivity index (χ1v) is 8.87. The minimum atomic E-state index is 0. The normalized spacial score (nSPS) is 16.6. The predicted molar refractivity (Wildman–Crippen MR) is 111 cm³/mol. The topological polar surface area (TPSA) is 84.0 Å². The van der Waals surface area contributed by atoms with Crippen molar-refractivity contribution in [3.05, 3.63) is 23.8 Å². The molecule has 8 heteroatoms. The molecule has 144 valence electrons. The summed E-state index contributed by atoms with van der Waals surface area (Å²) in [7, 11) is 1.69. The average Bonchev–Trinajstić information content (AvgIpc) is 3.10. The monoisotopic (exact) mass is 474 g/mol. The fourth-order valence-corrected chi connectivity index (χ4v) is 3.15. The number of carbonyl (C=O) groups excluding carboxylic acids is 1. The van der Waals surface area contributed by atoms with Gasteiger partial charge in [-0.05, 0) is 30.5 Å². The number of fused-ring (bicyclic) bond motifs is 1. The first-order valence-electron chi connectivity index (χ1n) is 8.87. The largest absolute Gasteiger partial charge is 0.454 e. The van der Waals surface area contributed by atoms with E-state index in [4.69, 9.17) is 9.47 Å². The van der Waals surface area contributed by atoms with E-state index in [1.165, 1.54) is 19.3 Å². The maximum Gasteiger partial charge on any atom is 0.239 e. The molecular weight excluding hydrogens is 447 g/mol. The predicted octanol–water partition coefficient (Wildman–Crippen LogP) is 2.15. The lowest BCUT2D eigenvalue weighted by atomic mass is 9.95. The molecular formula is C18H27IN4O3. The molecule has 2 aliphatic rings. The van der Waals surface area contributed by atoms with E-state index in [0.717, 1.165) is 29.9 Å². The van der Waals surface area contributed by atoms with Gasteiger partial charge in [-0.2, -0.15) is 0 Å². The Morgan fingerprint density at radius 2 is 1.92 bits per heavy atom. The van der Waals surface area contributed by atoms with Gasteiger partial charge in [0.25, 0.3) is 0 Å². The van der Waals surface area contributed by atoms with Crippen molar-refractivity contribution in [2.24, 2.45) is 4.99 Å². The molecule has 1 heterocycles. The zero-order valence-electron chi connectivity index (χ0n) is 15.0. The number of ether oxygens (including phenoxy) is 2. The van der Waals surface area contributed by atoms with Crippen LogP contribution in [0.25, 0.3) is 0 Å². The number of carbonyl (C=O) groups is 1. The number of nitrogens with one attached hydrogen (secondary N) is 3. The van der Waals surface area contributed by atoms with E-state index in [9.17, 15) is 4.79 Å². The van der Waals surface area contributed by atoms with Crippen LogP contribution >= 0.6 is 24.0 Å². The molecule has 0 spiro atoms. The smallest absolute Gasteiger partial charge is 0.239 e. The number of rotatable bonds is 5. The van der Waals surface area contributed by atoms with Gasteiger partial charge in [0.1, 0.15) is 0 Å². The Balaban J connectivity index is 0.00000243. The summed E-state index contributed by atoms with van der Waals surface area (Å²) in [5, 5.41) is 9.34. The van der Waals surface area contributed by atoms with Crippen molar-refractivity contribution >= 4 is 35.8 Å². The third-order valence-corrected chi connectivity index (χ3v) is 4.51. The summed E-state index contributed by atoms with van der Waals surface area (Å²) in [5.41, 5.74) is 1.05. The quantitative estimate of drug-likeness (QED) is 0.346. The molecule has 3 N–H and O–H groups in total. The summed E-state index contributed by atoms with van der Waals surface area (Å²) in [6, 6.07) is 6.14. The van der Waals surface area contributed by atoms with E-state index in [1.54, 1.807) is 7.05 Å². The Bertz CT molecular complexity index is 633. The standard InChI is InChI=1S/C18H26N4O3.HI/c1-19-18(21-11-17(23)22-14-5-3-2-4-6-14)20-10-13-7-8-15-16(9-13)25-12-24-15;/h7-9,14H,2-6,10-12H2,1H3,(H,22,23)(H2,19,20,21);1H. The molecule has 7 nitrogen and oxygen atoms in total. The first-order chi connectivity index (χ1) is 12.2. The number of guanidine groups is 1. The lowest BCUT2D eigenvalue weighted by Gasteiger charge is -2.23. The van der Waals surface area contributed by atoms with Crippen molar-refractivity contribution in [3.8, 4) is 11.5 Å². The second-order valence-electron chi connectivity index (χ2n) is 6.37. The van der Waals surface area contributed by atoms with E-state index >= 15 is 0 Å². The minimum absolute atomic E-state index is 0. The van der Waals surface area contributed by atoms with Gasteiger partial charge in [0.2, 0.25) is 12.7 Å². The molecule has 1 aromatic carbocycles. The second-order valence-corrected chi connectivity index (χ2v) is 6.37. The molecule has 1 aliphatic heterocycles. The number of nitrogens with zero attached hydrogens (tertiary/aromatic N) is 1. The summed E-state index contributed by atoms with van der Waals surface area (Å²) < 4.78 is 10.7. The van der Waals surface area contributed by atoms with Crippen LogP contribution < -0.4 is 25.4 Å². The van der Waals surface area contributed by atoms with Gasteiger partial charge in [0.15, 0.2) is 17.5 Å². The molecule has 1 fully saturated rings. The third kappa shape index (κ3) is 5.93. The summed E-state index contributed by atoms with van der Waals surface area (Å²) >= 11 is 0. The van der Waals surface area contributed by atoms with Crippen LogP contribution in [0, 0.1) is 0 Å². The average molecular weight is 474 g/mol. The first kappa shape index (κ1) is 20.6. The highest BCUT2D eigenvalue weighted by atomic mass is 127. The van der Waals surface area contributed by atoms with E-state index in [1.807, 2.05) is 18.2 Å². The van der Waals surface area contributed by atoms with E-state index in [2.05, 4.69) is 20.9 Å². The minimum Gasteiger partial charge on any atom is -0.454 e. The number of benzene rings is 1. The maximum absolute atomic E-state index is 12.0. The maximum atomic E-state index is 12.0. The van der Waals surface area contributed by atoms with Crippen molar-refractivity contribution in [2.45, 2.75) is 44.7 Å². The van der Waals surface area contributed by atoms with Crippen molar-refractivity contribution in [3.63, 3.8) is 0 Å².